The van der Waals surface area contributed by atoms with Gasteiger partial charge in [0.2, 0.25) is 5.91 Å². The molecule has 0 aliphatic heterocycles. The molecule has 0 bridgehead atoms. The minimum Gasteiger partial charge on any atom is -0.481 e. The largest absolute Gasteiger partial charge is 0.481 e. The Balaban J connectivity index is 3.01. The maximum Gasteiger partial charge on any atom is 0.308 e. The molecule has 116 valence electrons. The van der Waals surface area contributed by atoms with Crippen molar-refractivity contribution in [3.63, 3.8) is 0 Å². The molecule has 1 rings (SSSR count). The van der Waals surface area contributed by atoms with E-state index in [4.69, 9.17) is 5.11 Å². The van der Waals surface area contributed by atoms with Crippen LogP contribution in [0.15, 0.2) is 30.3 Å². The van der Waals surface area contributed by atoms with Crippen LogP contribution in [0.25, 0.3) is 0 Å². The Kier molecular flexibility index (Phi) is 5.94. The molecule has 1 aromatic rings. The van der Waals surface area contributed by atoms with Crippen LogP contribution in [0.5, 0.6) is 0 Å². The minimum atomic E-state index is -0.902. The van der Waals surface area contributed by atoms with Crippen molar-refractivity contribution in [2.45, 2.75) is 52.0 Å². The molecule has 0 saturated carbocycles. The predicted molar refractivity (Wildman–Crippen MR) is 83.1 cm³/mol. The maximum absolute atomic E-state index is 12.8. The van der Waals surface area contributed by atoms with Crippen LogP contribution in [0.4, 0.5) is 0 Å². The number of amides is 1. The van der Waals surface area contributed by atoms with Gasteiger partial charge in [-0.3, -0.25) is 9.59 Å². The number of hydrogen-bond donors (Lipinski definition) is 2. The van der Waals surface area contributed by atoms with E-state index in [9.17, 15) is 9.59 Å². The van der Waals surface area contributed by atoms with Crippen molar-refractivity contribution < 1.29 is 14.7 Å². The second-order valence-electron chi connectivity index (χ2n) is 5.54. The summed E-state index contributed by atoms with van der Waals surface area (Å²) in [6.07, 6.45) is 1.35. The third-order valence-electron chi connectivity index (χ3n) is 4.47. The van der Waals surface area contributed by atoms with E-state index in [0.29, 0.717) is 12.8 Å². The van der Waals surface area contributed by atoms with Crippen LogP contribution in [0.3, 0.4) is 0 Å². The van der Waals surface area contributed by atoms with Crippen molar-refractivity contribution in [3.05, 3.63) is 35.9 Å². The number of rotatable bonds is 7. The summed E-state index contributed by atoms with van der Waals surface area (Å²) >= 11 is 0. The van der Waals surface area contributed by atoms with E-state index in [0.717, 1.165) is 5.56 Å². The van der Waals surface area contributed by atoms with Gasteiger partial charge >= 0.3 is 5.97 Å². The summed E-state index contributed by atoms with van der Waals surface area (Å²) in [7, 11) is 0. The fourth-order valence-electron chi connectivity index (χ4n) is 2.55. The van der Waals surface area contributed by atoms with Gasteiger partial charge in [0.1, 0.15) is 0 Å². The average molecular weight is 291 g/mol. The summed E-state index contributed by atoms with van der Waals surface area (Å²) in [4.78, 5) is 23.8. The molecule has 1 amide bonds. The van der Waals surface area contributed by atoms with Crippen molar-refractivity contribution in [2.24, 2.45) is 5.92 Å². The van der Waals surface area contributed by atoms with E-state index in [-0.39, 0.29) is 5.91 Å². The van der Waals surface area contributed by atoms with Crippen molar-refractivity contribution in [1.29, 1.82) is 0 Å². The van der Waals surface area contributed by atoms with Crippen molar-refractivity contribution in [2.75, 3.05) is 0 Å². The first-order valence-corrected chi connectivity index (χ1v) is 7.48. The van der Waals surface area contributed by atoms with Crippen molar-refractivity contribution in [1.82, 2.24) is 5.32 Å². The molecule has 1 aromatic carbocycles. The van der Waals surface area contributed by atoms with Crippen molar-refractivity contribution >= 4 is 11.9 Å². The lowest BCUT2D eigenvalue weighted by Gasteiger charge is -2.33. The van der Waals surface area contributed by atoms with E-state index >= 15 is 0 Å². The fourth-order valence-corrected chi connectivity index (χ4v) is 2.55. The molecule has 0 aliphatic rings. The van der Waals surface area contributed by atoms with Crippen LogP contribution in [0.1, 0.15) is 46.1 Å². The fraction of sp³-hybridized carbons (Fsp3) is 0.529. The van der Waals surface area contributed by atoms with Crippen LogP contribution >= 0.6 is 0 Å². The lowest BCUT2D eigenvalue weighted by atomic mass is 9.74. The molecular formula is C17H25NO3. The summed E-state index contributed by atoms with van der Waals surface area (Å²) in [5, 5.41) is 11.9. The summed E-state index contributed by atoms with van der Waals surface area (Å²) in [5.41, 5.74) is 0.371. The van der Waals surface area contributed by atoms with Gasteiger partial charge in [-0.15, -0.1) is 0 Å². The van der Waals surface area contributed by atoms with Crippen LogP contribution in [0.2, 0.25) is 0 Å². The first-order chi connectivity index (χ1) is 9.89. The molecule has 2 N–H and O–H groups in total. The molecule has 2 unspecified atom stereocenters. The number of nitrogens with one attached hydrogen (secondary N) is 1. The van der Waals surface area contributed by atoms with E-state index < -0.39 is 23.3 Å². The third kappa shape index (κ3) is 3.63. The first kappa shape index (κ1) is 17.2. The Hall–Kier alpha value is -1.84. The summed E-state index contributed by atoms with van der Waals surface area (Å²) < 4.78 is 0. The van der Waals surface area contributed by atoms with Gasteiger partial charge in [-0.25, -0.2) is 0 Å². The molecule has 4 heteroatoms. The molecule has 0 aliphatic carbocycles. The number of benzene rings is 1. The van der Waals surface area contributed by atoms with Crippen molar-refractivity contribution in [3.8, 4) is 0 Å². The Morgan fingerprint density at radius 3 is 2.10 bits per heavy atom. The Morgan fingerprint density at radius 1 is 1.14 bits per heavy atom. The summed E-state index contributed by atoms with van der Waals surface area (Å²) in [5.74, 6) is -1.61. The zero-order valence-corrected chi connectivity index (χ0v) is 13.2. The smallest absolute Gasteiger partial charge is 0.308 e. The highest BCUT2D eigenvalue weighted by Crippen LogP contribution is 2.32. The van der Waals surface area contributed by atoms with E-state index in [1.165, 1.54) is 0 Å². The van der Waals surface area contributed by atoms with Crippen LogP contribution in [0, 0.1) is 5.92 Å². The topological polar surface area (TPSA) is 66.4 Å². The van der Waals surface area contributed by atoms with Gasteiger partial charge in [0.15, 0.2) is 0 Å². The van der Waals surface area contributed by atoms with E-state index in [1.807, 2.05) is 44.2 Å². The SMILES string of the molecule is CCC(CC)(C(=O)NC(C)C(C)C(=O)O)c1ccccc1. The highest BCUT2D eigenvalue weighted by molar-refractivity contribution is 5.88. The molecule has 21 heavy (non-hydrogen) atoms. The molecule has 4 nitrogen and oxygen atoms in total. The highest BCUT2D eigenvalue weighted by atomic mass is 16.4. The Bertz CT molecular complexity index is 480. The number of carbonyl (C=O) groups is 2. The normalized spacial score (nSPS) is 14.3. The molecule has 0 heterocycles. The summed E-state index contributed by atoms with van der Waals surface area (Å²) in [6, 6.07) is 9.27. The highest BCUT2D eigenvalue weighted by Gasteiger charge is 2.38. The lowest BCUT2D eigenvalue weighted by Crippen LogP contribution is -2.49. The zero-order valence-electron chi connectivity index (χ0n) is 13.2. The standard InChI is InChI=1S/C17H25NO3/c1-5-17(6-2,14-10-8-7-9-11-14)16(21)18-13(4)12(3)15(19)20/h7-13H,5-6H2,1-4H3,(H,18,21)(H,19,20). The minimum absolute atomic E-state index is 0.0979. The Morgan fingerprint density at radius 2 is 1.67 bits per heavy atom. The van der Waals surface area contributed by atoms with Gasteiger partial charge < -0.3 is 10.4 Å². The molecule has 2 atom stereocenters. The Labute approximate surface area is 126 Å². The van der Waals surface area contributed by atoms with Crippen LogP contribution in [-0.4, -0.2) is 23.0 Å². The number of hydrogen-bond acceptors (Lipinski definition) is 2. The second kappa shape index (κ2) is 7.25. The van der Waals surface area contributed by atoms with E-state index in [2.05, 4.69) is 5.32 Å². The zero-order chi connectivity index (χ0) is 16.0. The van der Waals surface area contributed by atoms with Crippen LogP contribution in [-0.2, 0) is 15.0 Å². The molecule has 0 saturated heterocycles. The van der Waals surface area contributed by atoms with Crippen LogP contribution < -0.4 is 5.32 Å². The van der Waals surface area contributed by atoms with Gasteiger partial charge in [-0.1, -0.05) is 44.2 Å². The predicted octanol–water partition coefficient (Wildman–Crippen LogP) is 2.97. The number of carboxylic acids is 1. The van der Waals surface area contributed by atoms with Gasteiger partial charge in [0, 0.05) is 6.04 Å². The number of carboxylic acid groups (broad SMARTS) is 1. The molecule has 0 aromatic heterocycles. The molecule has 0 spiro atoms. The monoisotopic (exact) mass is 291 g/mol. The second-order valence-corrected chi connectivity index (χ2v) is 5.54. The van der Waals surface area contributed by atoms with Gasteiger partial charge in [-0.05, 0) is 32.3 Å². The van der Waals surface area contributed by atoms with Gasteiger partial charge in [0.05, 0.1) is 11.3 Å². The molecule has 0 radical (unpaired) electrons. The maximum atomic E-state index is 12.8. The van der Waals surface area contributed by atoms with Gasteiger partial charge in [-0.2, -0.15) is 0 Å². The third-order valence-corrected chi connectivity index (χ3v) is 4.47. The molecule has 0 fully saturated rings. The first-order valence-electron chi connectivity index (χ1n) is 7.48. The van der Waals surface area contributed by atoms with Gasteiger partial charge in [0.25, 0.3) is 0 Å². The average Bonchev–Trinajstić information content (AvgIpc) is 2.49. The number of carbonyl (C=O) groups excluding carboxylic acids is 1. The van der Waals surface area contributed by atoms with E-state index in [1.54, 1.807) is 13.8 Å². The summed E-state index contributed by atoms with van der Waals surface area (Å²) in [6.45, 7) is 7.32. The molecular weight excluding hydrogens is 266 g/mol. The number of aliphatic carboxylic acids is 1. The quantitative estimate of drug-likeness (QED) is 0.811. The lowest BCUT2D eigenvalue weighted by molar-refractivity contribution is -0.142.